The summed E-state index contributed by atoms with van der Waals surface area (Å²) in [5.74, 6) is -0.106. The summed E-state index contributed by atoms with van der Waals surface area (Å²) >= 11 is 5.98. The van der Waals surface area contributed by atoms with Crippen molar-refractivity contribution < 1.29 is 18.1 Å². The molecule has 9 heteroatoms. The highest BCUT2D eigenvalue weighted by Crippen LogP contribution is 2.28. The third kappa shape index (κ3) is 3.98. The van der Waals surface area contributed by atoms with Gasteiger partial charge in [-0.3, -0.25) is 10.1 Å². The number of nitrogens with one attached hydrogen (secondary N) is 1. The van der Waals surface area contributed by atoms with Crippen LogP contribution in [-0.4, -0.2) is 20.5 Å². The summed E-state index contributed by atoms with van der Waals surface area (Å²) < 4.78 is 32.1. The van der Waals surface area contributed by atoms with Crippen LogP contribution in [0.5, 0.6) is 5.75 Å². The molecular formula is C14H13ClN2O5S. The van der Waals surface area contributed by atoms with Crippen LogP contribution in [0.1, 0.15) is 5.56 Å². The van der Waals surface area contributed by atoms with Crippen LogP contribution in [0, 0.1) is 10.1 Å². The first-order valence-electron chi connectivity index (χ1n) is 6.40. The van der Waals surface area contributed by atoms with Crippen molar-refractivity contribution in [2.45, 2.75) is 11.4 Å². The quantitative estimate of drug-likeness (QED) is 0.633. The van der Waals surface area contributed by atoms with Gasteiger partial charge in [0.15, 0.2) is 0 Å². The number of nitro groups is 1. The molecule has 0 fully saturated rings. The van der Waals surface area contributed by atoms with E-state index >= 15 is 0 Å². The topological polar surface area (TPSA) is 98.5 Å². The molecule has 0 saturated heterocycles. The van der Waals surface area contributed by atoms with Crippen LogP contribution in [0.15, 0.2) is 47.4 Å². The maximum Gasteiger partial charge on any atom is 0.273 e. The van der Waals surface area contributed by atoms with E-state index in [1.54, 1.807) is 24.3 Å². The Morgan fingerprint density at radius 2 is 1.96 bits per heavy atom. The van der Waals surface area contributed by atoms with Crippen molar-refractivity contribution in [3.05, 3.63) is 63.2 Å². The molecule has 2 rings (SSSR count). The molecule has 0 aliphatic heterocycles. The molecule has 2 aromatic rings. The van der Waals surface area contributed by atoms with Crippen molar-refractivity contribution in [3.63, 3.8) is 0 Å². The van der Waals surface area contributed by atoms with Crippen molar-refractivity contribution in [1.29, 1.82) is 0 Å². The first-order valence-corrected chi connectivity index (χ1v) is 8.27. The Morgan fingerprint density at radius 1 is 1.26 bits per heavy atom. The Morgan fingerprint density at radius 3 is 2.57 bits per heavy atom. The van der Waals surface area contributed by atoms with Crippen LogP contribution in [-0.2, 0) is 16.6 Å². The van der Waals surface area contributed by atoms with Gasteiger partial charge in [0.1, 0.15) is 10.6 Å². The normalized spacial score (nSPS) is 11.2. The highest BCUT2D eigenvalue weighted by atomic mass is 35.5. The van der Waals surface area contributed by atoms with Gasteiger partial charge in [0.05, 0.1) is 18.1 Å². The third-order valence-electron chi connectivity index (χ3n) is 3.06. The first kappa shape index (κ1) is 17.2. The Hall–Kier alpha value is -2.16. The molecule has 122 valence electrons. The van der Waals surface area contributed by atoms with Gasteiger partial charge in [-0.2, -0.15) is 0 Å². The van der Waals surface area contributed by atoms with E-state index in [1.807, 2.05) is 0 Å². The number of rotatable bonds is 6. The summed E-state index contributed by atoms with van der Waals surface area (Å²) in [5, 5.41) is 11.2. The fourth-order valence-electron chi connectivity index (χ4n) is 1.88. The fourth-order valence-corrected chi connectivity index (χ4v) is 3.24. The molecule has 0 radical (unpaired) electrons. The Bertz CT molecular complexity index is 839. The third-order valence-corrected chi connectivity index (χ3v) is 4.87. The summed E-state index contributed by atoms with van der Waals surface area (Å²) in [6.45, 7) is -0.0118. The minimum absolute atomic E-state index is 0.0118. The second-order valence-corrected chi connectivity index (χ2v) is 6.65. The van der Waals surface area contributed by atoms with Crippen molar-refractivity contribution in [1.82, 2.24) is 4.72 Å². The van der Waals surface area contributed by atoms with Crippen LogP contribution in [0.2, 0.25) is 5.02 Å². The molecular weight excluding hydrogens is 344 g/mol. The number of benzene rings is 2. The van der Waals surface area contributed by atoms with Crippen molar-refractivity contribution in [2.75, 3.05) is 7.11 Å². The largest absolute Gasteiger partial charge is 0.495 e. The zero-order valence-corrected chi connectivity index (χ0v) is 13.6. The van der Waals surface area contributed by atoms with E-state index in [0.717, 1.165) is 18.2 Å². The van der Waals surface area contributed by atoms with Crippen molar-refractivity contribution in [3.8, 4) is 5.75 Å². The van der Waals surface area contributed by atoms with E-state index in [4.69, 9.17) is 16.3 Å². The van der Waals surface area contributed by atoms with E-state index in [-0.39, 0.29) is 22.9 Å². The van der Waals surface area contributed by atoms with Crippen LogP contribution in [0.4, 0.5) is 5.69 Å². The van der Waals surface area contributed by atoms with E-state index in [2.05, 4.69) is 4.72 Å². The predicted octanol–water partition coefficient (Wildman–Crippen LogP) is 2.74. The molecule has 0 atom stereocenters. The Labute approximate surface area is 138 Å². The molecule has 0 heterocycles. The first-order chi connectivity index (χ1) is 10.8. The standard InChI is InChI=1S/C14H13ClN2O5S/c1-22-13-8-11(17(18)19)6-7-14(13)23(20,21)16-9-10-4-2-3-5-12(10)15/h2-8,16H,9H2,1H3. The molecule has 0 saturated carbocycles. The average molecular weight is 357 g/mol. The number of sulfonamides is 1. The lowest BCUT2D eigenvalue weighted by Crippen LogP contribution is -2.24. The smallest absolute Gasteiger partial charge is 0.273 e. The van der Waals surface area contributed by atoms with Gasteiger partial charge >= 0.3 is 0 Å². The minimum atomic E-state index is -3.92. The minimum Gasteiger partial charge on any atom is -0.495 e. The van der Waals surface area contributed by atoms with Crippen molar-refractivity contribution >= 4 is 27.3 Å². The molecule has 0 spiro atoms. The highest BCUT2D eigenvalue weighted by molar-refractivity contribution is 7.89. The molecule has 1 N–H and O–H groups in total. The number of hydrogen-bond donors (Lipinski definition) is 1. The van der Waals surface area contributed by atoms with Crippen LogP contribution < -0.4 is 9.46 Å². The molecule has 0 aromatic heterocycles. The number of halogens is 1. The van der Waals surface area contributed by atoms with E-state index < -0.39 is 14.9 Å². The van der Waals surface area contributed by atoms with Crippen LogP contribution in [0.3, 0.4) is 0 Å². The van der Waals surface area contributed by atoms with Gasteiger partial charge in [0, 0.05) is 17.6 Å². The number of hydrogen-bond acceptors (Lipinski definition) is 5. The number of methoxy groups -OCH3 is 1. The average Bonchev–Trinajstić information content (AvgIpc) is 2.53. The maximum atomic E-state index is 12.4. The van der Waals surface area contributed by atoms with Gasteiger partial charge in [-0.15, -0.1) is 0 Å². The van der Waals surface area contributed by atoms with Gasteiger partial charge in [-0.1, -0.05) is 29.8 Å². The number of non-ortho nitro benzene ring substituents is 1. The summed E-state index contributed by atoms with van der Waals surface area (Å²) in [4.78, 5) is 9.94. The predicted molar refractivity (Wildman–Crippen MR) is 85.1 cm³/mol. The molecule has 23 heavy (non-hydrogen) atoms. The van der Waals surface area contributed by atoms with Gasteiger partial charge < -0.3 is 4.74 Å². The second-order valence-electron chi connectivity index (χ2n) is 4.51. The Balaban J connectivity index is 2.29. The molecule has 7 nitrogen and oxygen atoms in total. The second kappa shape index (κ2) is 6.95. The molecule has 0 bridgehead atoms. The summed E-state index contributed by atoms with van der Waals surface area (Å²) in [6.07, 6.45) is 0. The summed E-state index contributed by atoms with van der Waals surface area (Å²) in [7, 11) is -2.67. The summed E-state index contributed by atoms with van der Waals surface area (Å²) in [6, 6.07) is 10.1. The molecule has 0 aliphatic carbocycles. The van der Waals surface area contributed by atoms with Crippen molar-refractivity contribution in [2.24, 2.45) is 0 Å². The molecule has 0 unspecified atom stereocenters. The molecule has 0 aliphatic rings. The van der Waals surface area contributed by atoms with Gasteiger partial charge in [-0.25, -0.2) is 13.1 Å². The lowest BCUT2D eigenvalue weighted by Gasteiger charge is -2.11. The van der Waals surface area contributed by atoms with Crippen LogP contribution in [0.25, 0.3) is 0 Å². The Kier molecular flexibility index (Phi) is 5.19. The zero-order valence-electron chi connectivity index (χ0n) is 12.0. The lowest BCUT2D eigenvalue weighted by atomic mass is 10.2. The van der Waals surface area contributed by atoms with Gasteiger partial charge in [0.2, 0.25) is 10.0 Å². The lowest BCUT2D eigenvalue weighted by molar-refractivity contribution is -0.385. The number of nitro benzene ring substituents is 1. The molecule has 2 aromatic carbocycles. The highest BCUT2D eigenvalue weighted by Gasteiger charge is 2.22. The maximum absolute atomic E-state index is 12.4. The SMILES string of the molecule is COc1cc([N+](=O)[O-])ccc1S(=O)(=O)NCc1ccccc1Cl. The monoisotopic (exact) mass is 356 g/mol. The van der Waals surface area contributed by atoms with Crippen LogP contribution >= 0.6 is 11.6 Å². The fraction of sp³-hybridized carbons (Fsp3) is 0.143. The van der Waals surface area contributed by atoms with E-state index in [0.29, 0.717) is 10.6 Å². The van der Waals surface area contributed by atoms with Gasteiger partial charge in [-0.05, 0) is 17.7 Å². The summed E-state index contributed by atoms with van der Waals surface area (Å²) in [5.41, 5.74) is 0.352. The zero-order chi connectivity index (χ0) is 17.0. The number of nitrogens with zero attached hydrogens (tertiary/aromatic N) is 1. The van der Waals surface area contributed by atoms with E-state index in [9.17, 15) is 18.5 Å². The van der Waals surface area contributed by atoms with E-state index in [1.165, 1.54) is 7.11 Å². The molecule has 0 amide bonds. The van der Waals surface area contributed by atoms with Gasteiger partial charge in [0.25, 0.3) is 5.69 Å². The number of ether oxygens (including phenoxy) is 1.